The van der Waals surface area contributed by atoms with Gasteiger partial charge in [0, 0.05) is 5.92 Å². The van der Waals surface area contributed by atoms with Crippen LogP contribution >= 0.6 is 0 Å². The van der Waals surface area contributed by atoms with Crippen molar-refractivity contribution in [1.82, 2.24) is 0 Å². The zero-order valence-electron chi connectivity index (χ0n) is 10.6. The van der Waals surface area contributed by atoms with Crippen LogP contribution in [-0.2, 0) is 10.3 Å². The van der Waals surface area contributed by atoms with E-state index in [0.717, 1.165) is 6.42 Å². The zero-order chi connectivity index (χ0) is 11.6. The number of fused-ring (bicyclic) bond motifs is 2. The summed E-state index contributed by atoms with van der Waals surface area (Å²) in [7, 11) is 0. The third-order valence-corrected chi connectivity index (χ3v) is 4.39. The van der Waals surface area contributed by atoms with Gasteiger partial charge in [-0.2, -0.15) is 0 Å². The van der Waals surface area contributed by atoms with E-state index in [2.05, 4.69) is 45.9 Å². The van der Waals surface area contributed by atoms with E-state index in [1.807, 2.05) is 0 Å². The van der Waals surface area contributed by atoms with Gasteiger partial charge in [0.15, 0.2) is 0 Å². The van der Waals surface area contributed by atoms with Gasteiger partial charge >= 0.3 is 0 Å². The van der Waals surface area contributed by atoms with Gasteiger partial charge in [0.1, 0.15) is 0 Å². The van der Waals surface area contributed by atoms with E-state index in [9.17, 15) is 0 Å². The van der Waals surface area contributed by atoms with Crippen LogP contribution in [-0.4, -0.2) is 5.60 Å². The Bertz CT molecular complexity index is 447. The van der Waals surface area contributed by atoms with Crippen molar-refractivity contribution in [1.29, 1.82) is 0 Å². The maximum atomic E-state index is 6.33. The molecular weight excluding hydrogens is 196 g/mol. The van der Waals surface area contributed by atoms with Crippen LogP contribution in [0.15, 0.2) is 18.2 Å². The topological polar surface area (TPSA) is 9.23 Å². The Labute approximate surface area is 97.8 Å². The maximum Gasteiger partial charge on any atom is 0.0913 e. The molecule has 1 aromatic rings. The van der Waals surface area contributed by atoms with Crippen molar-refractivity contribution < 1.29 is 4.74 Å². The highest BCUT2D eigenvalue weighted by Crippen LogP contribution is 2.56. The molecule has 0 amide bonds. The van der Waals surface area contributed by atoms with Crippen molar-refractivity contribution in [3.63, 3.8) is 0 Å². The van der Waals surface area contributed by atoms with E-state index in [0.29, 0.717) is 5.92 Å². The molecule has 1 fully saturated rings. The quantitative estimate of drug-likeness (QED) is 0.639. The molecule has 1 unspecified atom stereocenters. The lowest BCUT2D eigenvalue weighted by molar-refractivity contribution is -0.195. The molecule has 1 aliphatic carbocycles. The Morgan fingerprint density at radius 2 is 2.00 bits per heavy atom. The summed E-state index contributed by atoms with van der Waals surface area (Å²) in [6.07, 6.45) is 2.43. The molecule has 3 aliphatic rings. The molecule has 1 saturated heterocycles. The van der Waals surface area contributed by atoms with Gasteiger partial charge in [-0.3, -0.25) is 0 Å². The number of hydrogen-bond acceptors (Lipinski definition) is 1. The van der Waals surface area contributed by atoms with Crippen LogP contribution < -0.4 is 0 Å². The molecule has 0 aromatic heterocycles. The molecule has 0 N–H and O–H groups in total. The molecule has 0 saturated carbocycles. The van der Waals surface area contributed by atoms with Crippen molar-refractivity contribution in [3.8, 4) is 0 Å². The minimum absolute atomic E-state index is 0.00616. The van der Waals surface area contributed by atoms with Crippen LogP contribution in [0.4, 0.5) is 0 Å². The lowest BCUT2D eigenvalue weighted by Gasteiger charge is -2.54. The summed E-state index contributed by atoms with van der Waals surface area (Å²) in [5.41, 5.74) is 4.26. The van der Waals surface area contributed by atoms with Crippen LogP contribution in [0.1, 0.15) is 56.2 Å². The van der Waals surface area contributed by atoms with Crippen molar-refractivity contribution >= 4 is 0 Å². The predicted molar refractivity (Wildman–Crippen MR) is 65.7 cm³/mol. The molecule has 16 heavy (non-hydrogen) atoms. The summed E-state index contributed by atoms with van der Waals surface area (Å²) in [5.74, 6) is 0.573. The first kappa shape index (κ1) is 10.3. The smallest absolute Gasteiger partial charge is 0.0913 e. The normalized spacial score (nSPS) is 34.9. The number of aryl methyl sites for hydroxylation is 1. The highest BCUT2D eigenvalue weighted by Gasteiger charge is 2.51. The van der Waals surface area contributed by atoms with Gasteiger partial charge in [-0.25, -0.2) is 0 Å². The second-order valence-corrected chi connectivity index (χ2v) is 6.12. The maximum absolute atomic E-state index is 6.33. The van der Waals surface area contributed by atoms with Crippen molar-refractivity contribution in [3.05, 3.63) is 34.9 Å². The van der Waals surface area contributed by atoms with Crippen LogP contribution in [0, 0.1) is 6.92 Å². The summed E-state index contributed by atoms with van der Waals surface area (Å²) >= 11 is 0. The molecule has 2 bridgehead atoms. The van der Waals surface area contributed by atoms with Gasteiger partial charge in [0.2, 0.25) is 0 Å². The zero-order valence-corrected chi connectivity index (χ0v) is 10.6. The number of ether oxygens (including phenoxy) is 1. The Morgan fingerprint density at radius 3 is 2.69 bits per heavy atom. The summed E-state index contributed by atoms with van der Waals surface area (Å²) < 4.78 is 6.33. The third kappa shape index (κ3) is 1.21. The fourth-order valence-electron chi connectivity index (χ4n) is 3.64. The summed E-state index contributed by atoms with van der Waals surface area (Å²) in [4.78, 5) is 0. The first-order valence-electron chi connectivity index (χ1n) is 6.24. The van der Waals surface area contributed by atoms with Gasteiger partial charge in [-0.05, 0) is 51.7 Å². The minimum Gasteiger partial charge on any atom is -0.364 e. The molecular formula is C15H20O. The van der Waals surface area contributed by atoms with Gasteiger partial charge in [-0.15, -0.1) is 0 Å². The molecule has 4 rings (SSSR count). The second kappa shape index (κ2) is 2.89. The monoisotopic (exact) mass is 216 g/mol. The van der Waals surface area contributed by atoms with E-state index in [-0.39, 0.29) is 11.2 Å². The van der Waals surface area contributed by atoms with Gasteiger partial charge < -0.3 is 4.74 Å². The fourth-order valence-corrected chi connectivity index (χ4v) is 3.64. The van der Waals surface area contributed by atoms with E-state index >= 15 is 0 Å². The highest BCUT2D eigenvalue weighted by molar-refractivity contribution is 5.43. The first-order chi connectivity index (χ1) is 7.42. The first-order valence-corrected chi connectivity index (χ1v) is 6.24. The largest absolute Gasteiger partial charge is 0.364 e. The highest BCUT2D eigenvalue weighted by atomic mass is 16.5. The van der Waals surface area contributed by atoms with Crippen LogP contribution in [0.3, 0.4) is 0 Å². The number of rotatable bonds is 0. The molecule has 2 heterocycles. The Morgan fingerprint density at radius 1 is 1.25 bits per heavy atom. The van der Waals surface area contributed by atoms with Gasteiger partial charge in [-0.1, -0.05) is 23.8 Å². The van der Waals surface area contributed by atoms with Crippen molar-refractivity contribution in [2.45, 2.75) is 57.7 Å². The molecule has 86 valence electrons. The minimum atomic E-state index is -0.0543. The average molecular weight is 216 g/mol. The number of benzene rings is 1. The summed E-state index contributed by atoms with van der Waals surface area (Å²) in [6, 6.07) is 6.84. The van der Waals surface area contributed by atoms with E-state index in [4.69, 9.17) is 4.74 Å². The molecule has 2 atom stereocenters. The fraction of sp³-hybridized carbons (Fsp3) is 0.600. The summed E-state index contributed by atoms with van der Waals surface area (Å²) in [5, 5.41) is 0. The lowest BCUT2D eigenvalue weighted by atomic mass is 9.65. The van der Waals surface area contributed by atoms with E-state index in [1.54, 1.807) is 0 Å². The molecule has 0 spiro atoms. The molecule has 1 heteroatoms. The standard InChI is InChI=1S/C15H20O/c1-10-5-6-13-11(9-10)12-7-8-15(13,4)16-14(12,2)3/h5-6,9,12H,7-8H2,1-4H3/t12-,15?/m1/s1. The van der Waals surface area contributed by atoms with Crippen LogP contribution in [0.25, 0.3) is 0 Å². The lowest BCUT2D eigenvalue weighted by Crippen LogP contribution is -2.51. The van der Waals surface area contributed by atoms with E-state index in [1.165, 1.54) is 23.1 Å². The molecule has 0 radical (unpaired) electrons. The Balaban J connectivity index is 2.24. The van der Waals surface area contributed by atoms with Crippen LogP contribution in [0.2, 0.25) is 0 Å². The van der Waals surface area contributed by atoms with Crippen molar-refractivity contribution in [2.24, 2.45) is 0 Å². The number of hydrogen-bond donors (Lipinski definition) is 0. The molecule has 1 aromatic carbocycles. The molecule has 2 aliphatic heterocycles. The van der Waals surface area contributed by atoms with Gasteiger partial charge in [0.25, 0.3) is 0 Å². The SMILES string of the molecule is Cc1ccc2c(c1)[C@H]1CCC2(C)OC1(C)C. The van der Waals surface area contributed by atoms with Crippen molar-refractivity contribution in [2.75, 3.05) is 0 Å². The Hall–Kier alpha value is -0.820. The second-order valence-electron chi connectivity index (χ2n) is 6.12. The predicted octanol–water partition coefficient (Wildman–Crippen LogP) is 3.90. The average Bonchev–Trinajstić information content (AvgIpc) is 2.14. The van der Waals surface area contributed by atoms with E-state index < -0.39 is 0 Å². The van der Waals surface area contributed by atoms with Gasteiger partial charge in [0.05, 0.1) is 11.2 Å². The van der Waals surface area contributed by atoms with Crippen LogP contribution in [0.5, 0.6) is 0 Å². The molecule has 1 nitrogen and oxygen atoms in total. The Kier molecular flexibility index (Phi) is 1.87. The summed E-state index contributed by atoms with van der Waals surface area (Å²) in [6.45, 7) is 8.90. The third-order valence-electron chi connectivity index (χ3n) is 4.39.